The Hall–Kier alpha value is -2.06. The Bertz CT molecular complexity index is 612. The molecule has 0 fully saturated rings. The fourth-order valence-corrected chi connectivity index (χ4v) is 2.10. The van der Waals surface area contributed by atoms with Crippen molar-refractivity contribution >= 4 is 0 Å². The molecule has 2 N–H and O–H groups in total. The van der Waals surface area contributed by atoms with Gasteiger partial charge in [-0.15, -0.1) is 0 Å². The van der Waals surface area contributed by atoms with Crippen LogP contribution in [0.25, 0.3) is 0 Å². The molecule has 0 bridgehead atoms. The lowest BCUT2D eigenvalue weighted by Crippen LogP contribution is -2.12. The molecule has 0 unspecified atom stereocenters. The van der Waals surface area contributed by atoms with Crippen LogP contribution in [0.5, 0.6) is 0 Å². The van der Waals surface area contributed by atoms with Gasteiger partial charge in [0.1, 0.15) is 12.2 Å². The number of alkyl halides is 6. The van der Waals surface area contributed by atoms with Crippen LogP contribution in [0, 0.1) is 0 Å². The molecule has 0 saturated carbocycles. The zero-order valence-electron chi connectivity index (χ0n) is 11.9. The van der Waals surface area contributed by atoms with Gasteiger partial charge in [0.25, 0.3) is 0 Å². The van der Waals surface area contributed by atoms with Crippen molar-refractivity contribution in [2.75, 3.05) is 0 Å². The van der Waals surface area contributed by atoms with Gasteiger partial charge in [0.15, 0.2) is 0 Å². The van der Waals surface area contributed by atoms with Gasteiger partial charge in [0.05, 0.1) is 11.1 Å². The summed E-state index contributed by atoms with van der Waals surface area (Å²) in [6.07, 6.45) is -12.2. The summed E-state index contributed by atoms with van der Waals surface area (Å²) in [6, 6.07) is 7.00. The molecule has 0 amide bonds. The van der Waals surface area contributed by atoms with E-state index in [1.807, 2.05) is 0 Å². The van der Waals surface area contributed by atoms with Gasteiger partial charge < -0.3 is 10.2 Å². The lowest BCUT2D eigenvalue weighted by molar-refractivity contribution is -0.138. The predicted molar refractivity (Wildman–Crippen MR) is 72.8 cm³/mol. The number of aliphatic hydroxyl groups is 2. The zero-order chi connectivity index (χ0) is 18.1. The molecule has 0 heterocycles. The van der Waals surface area contributed by atoms with Gasteiger partial charge in [-0.05, 0) is 35.4 Å². The molecule has 8 heteroatoms. The topological polar surface area (TPSA) is 40.5 Å². The van der Waals surface area contributed by atoms with Crippen LogP contribution in [0.2, 0.25) is 0 Å². The normalized spacial score (nSPS) is 15.2. The molecular weight excluding hydrogens is 338 g/mol. The fraction of sp³-hybridized carbons (Fsp3) is 0.250. The molecule has 2 aromatic carbocycles. The van der Waals surface area contributed by atoms with Gasteiger partial charge in [-0.3, -0.25) is 0 Å². The van der Waals surface area contributed by atoms with E-state index in [4.69, 9.17) is 0 Å². The average molecular weight is 350 g/mol. The average Bonchev–Trinajstić information content (AvgIpc) is 2.52. The summed E-state index contributed by atoms with van der Waals surface area (Å²) in [5, 5.41) is 20.0. The molecule has 0 aliphatic rings. The Balaban J connectivity index is 2.18. The molecular formula is C16H12F6O2. The summed E-state index contributed by atoms with van der Waals surface area (Å²) >= 11 is 0. The summed E-state index contributed by atoms with van der Waals surface area (Å²) < 4.78 is 74.8. The molecule has 0 aromatic heterocycles. The second-order valence-electron chi connectivity index (χ2n) is 5.13. The van der Waals surface area contributed by atoms with Gasteiger partial charge in [-0.25, -0.2) is 0 Å². The van der Waals surface area contributed by atoms with Crippen molar-refractivity contribution < 1.29 is 36.6 Å². The van der Waals surface area contributed by atoms with Crippen molar-refractivity contribution in [3.8, 4) is 0 Å². The number of hydrogen-bond acceptors (Lipinski definition) is 2. The maximum atomic E-state index is 12.5. The number of rotatable bonds is 3. The Kier molecular flexibility index (Phi) is 4.91. The smallest absolute Gasteiger partial charge is 0.385 e. The molecule has 0 aliphatic heterocycles. The van der Waals surface area contributed by atoms with Gasteiger partial charge in [-0.2, -0.15) is 26.3 Å². The minimum Gasteiger partial charge on any atom is -0.385 e. The Morgan fingerprint density at radius 2 is 0.792 bits per heavy atom. The third-order valence-corrected chi connectivity index (χ3v) is 3.46. The highest BCUT2D eigenvalue weighted by molar-refractivity contribution is 5.31. The first-order valence-corrected chi connectivity index (χ1v) is 6.70. The monoisotopic (exact) mass is 350 g/mol. The number of aliphatic hydroxyl groups excluding tert-OH is 2. The van der Waals surface area contributed by atoms with Gasteiger partial charge in [0, 0.05) is 0 Å². The van der Waals surface area contributed by atoms with Crippen molar-refractivity contribution in [3.05, 3.63) is 70.8 Å². The quantitative estimate of drug-likeness (QED) is 0.801. The first kappa shape index (κ1) is 18.3. The van der Waals surface area contributed by atoms with Crippen LogP contribution in [-0.4, -0.2) is 10.2 Å². The molecule has 2 rings (SSSR count). The standard InChI is InChI=1S/C16H12F6O2/c17-15(18,19)11-5-1-9(2-6-11)13(23)14(24)10-3-7-12(8-4-10)16(20,21)22/h1-8,13-14,23-24H/t13-,14-/m1/s1. The molecule has 0 spiro atoms. The van der Waals surface area contributed by atoms with Crippen LogP contribution in [-0.2, 0) is 12.4 Å². The highest BCUT2D eigenvalue weighted by Crippen LogP contribution is 2.34. The minimum absolute atomic E-state index is 0.00963. The van der Waals surface area contributed by atoms with Crippen molar-refractivity contribution in [1.82, 2.24) is 0 Å². The maximum Gasteiger partial charge on any atom is 0.416 e. The largest absolute Gasteiger partial charge is 0.416 e. The Morgan fingerprint density at radius 3 is 1.00 bits per heavy atom. The van der Waals surface area contributed by atoms with E-state index in [1.54, 1.807) is 0 Å². The van der Waals surface area contributed by atoms with E-state index >= 15 is 0 Å². The van der Waals surface area contributed by atoms with E-state index < -0.39 is 35.7 Å². The van der Waals surface area contributed by atoms with E-state index in [-0.39, 0.29) is 11.1 Å². The van der Waals surface area contributed by atoms with Crippen molar-refractivity contribution in [1.29, 1.82) is 0 Å². The highest BCUT2D eigenvalue weighted by Gasteiger charge is 2.32. The van der Waals surface area contributed by atoms with Crippen LogP contribution >= 0.6 is 0 Å². The second kappa shape index (κ2) is 6.45. The van der Waals surface area contributed by atoms with Crippen LogP contribution in [0.3, 0.4) is 0 Å². The first-order valence-electron chi connectivity index (χ1n) is 6.70. The third kappa shape index (κ3) is 4.07. The number of hydrogen-bond donors (Lipinski definition) is 2. The van der Waals surface area contributed by atoms with Crippen molar-refractivity contribution in [2.45, 2.75) is 24.6 Å². The van der Waals surface area contributed by atoms with Gasteiger partial charge in [0.2, 0.25) is 0 Å². The predicted octanol–water partition coefficient (Wildman–Crippen LogP) is 4.49. The van der Waals surface area contributed by atoms with Gasteiger partial charge >= 0.3 is 12.4 Å². The molecule has 0 saturated heterocycles. The molecule has 130 valence electrons. The molecule has 0 aliphatic carbocycles. The van der Waals surface area contributed by atoms with E-state index in [9.17, 15) is 36.6 Å². The van der Waals surface area contributed by atoms with Crippen LogP contribution in [0.4, 0.5) is 26.3 Å². The van der Waals surface area contributed by atoms with Crippen LogP contribution in [0.1, 0.15) is 34.5 Å². The third-order valence-electron chi connectivity index (χ3n) is 3.46. The second-order valence-corrected chi connectivity index (χ2v) is 5.13. The maximum absolute atomic E-state index is 12.5. The lowest BCUT2D eigenvalue weighted by Gasteiger charge is -2.19. The summed E-state index contributed by atoms with van der Waals surface area (Å²) in [6.45, 7) is 0. The lowest BCUT2D eigenvalue weighted by atomic mass is 9.97. The minimum atomic E-state index is -4.53. The van der Waals surface area contributed by atoms with E-state index in [1.165, 1.54) is 0 Å². The highest BCUT2D eigenvalue weighted by atomic mass is 19.4. The first-order chi connectivity index (χ1) is 11.0. The SMILES string of the molecule is O[C@H](c1ccc(C(F)(F)F)cc1)[C@H](O)c1ccc(C(F)(F)F)cc1. The molecule has 2 aromatic rings. The number of halogens is 6. The van der Waals surface area contributed by atoms with Crippen LogP contribution < -0.4 is 0 Å². The molecule has 2 nitrogen and oxygen atoms in total. The number of benzene rings is 2. The van der Waals surface area contributed by atoms with E-state index in [0.717, 1.165) is 48.5 Å². The summed E-state index contributed by atoms with van der Waals surface area (Å²) in [5.41, 5.74) is -1.81. The fourth-order valence-electron chi connectivity index (χ4n) is 2.10. The van der Waals surface area contributed by atoms with Gasteiger partial charge in [-0.1, -0.05) is 24.3 Å². The molecule has 2 atom stereocenters. The van der Waals surface area contributed by atoms with Crippen molar-refractivity contribution in [2.24, 2.45) is 0 Å². The zero-order valence-corrected chi connectivity index (χ0v) is 11.9. The van der Waals surface area contributed by atoms with Crippen molar-refractivity contribution in [3.63, 3.8) is 0 Å². The molecule has 24 heavy (non-hydrogen) atoms. The summed E-state index contributed by atoms with van der Waals surface area (Å²) in [4.78, 5) is 0. The summed E-state index contributed by atoms with van der Waals surface area (Å²) in [7, 11) is 0. The van der Waals surface area contributed by atoms with E-state index in [0.29, 0.717) is 0 Å². The van der Waals surface area contributed by atoms with E-state index in [2.05, 4.69) is 0 Å². The summed E-state index contributed by atoms with van der Waals surface area (Å²) in [5.74, 6) is 0. The Labute approximate surface area is 133 Å². The molecule has 0 radical (unpaired) electrons. The van der Waals surface area contributed by atoms with Crippen LogP contribution in [0.15, 0.2) is 48.5 Å². The Morgan fingerprint density at radius 1 is 0.542 bits per heavy atom.